The van der Waals surface area contributed by atoms with E-state index in [-0.39, 0.29) is 17.8 Å². The molecule has 0 unspecified atom stereocenters. The van der Waals surface area contributed by atoms with E-state index in [0.29, 0.717) is 18.8 Å². The Hall–Kier alpha value is -2.67. The van der Waals surface area contributed by atoms with Crippen LogP contribution in [-0.2, 0) is 6.54 Å². The molecule has 1 aromatic carbocycles. The van der Waals surface area contributed by atoms with Gasteiger partial charge < -0.3 is 10.1 Å². The molecule has 0 spiro atoms. The molecule has 134 valence electrons. The van der Waals surface area contributed by atoms with Crippen LogP contribution in [0.5, 0.6) is 0 Å². The minimum absolute atomic E-state index is 0.0778. The van der Waals surface area contributed by atoms with E-state index in [1.54, 1.807) is 12.1 Å². The van der Waals surface area contributed by atoms with E-state index in [4.69, 9.17) is 0 Å². The summed E-state index contributed by atoms with van der Waals surface area (Å²) in [6.45, 7) is 9.17. The molecule has 0 atom stereocenters. The molecule has 0 amide bonds. The highest BCUT2D eigenvalue weighted by atomic mass is 16.4. The summed E-state index contributed by atoms with van der Waals surface area (Å²) in [6, 6.07) is 5.25. The second-order valence-corrected chi connectivity index (χ2v) is 5.96. The first kappa shape index (κ1) is 18.7. The fraction of sp³-hybridized carbons (Fsp3) is 0.389. The maximum Gasteiger partial charge on any atom is 0.352 e. The van der Waals surface area contributed by atoms with Gasteiger partial charge in [-0.25, -0.2) is 14.2 Å². The highest BCUT2D eigenvalue weighted by Crippen LogP contribution is 2.12. The van der Waals surface area contributed by atoms with Crippen molar-refractivity contribution in [3.63, 3.8) is 0 Å². The summed E-state index contributed by atoms with van der Waals surface area (Å²) in [7, 11) is 0. The lowest BCUT2D eigenvalue weighted by Gasteiger charge is -2.19. The number of aryl methyl sites for hydroxylation is 2. The van der Waals surface area contributed by atoms with Crippen molar-refractivity contribution in [2.24, 2.45) is 0 Å². The molecule has 0 saturated carbocycles. The van der Waals surface area contributed by atoms with Crippen LogP contribution in [0.2, 0.25) is 0 Å². The molecule has 2 aromatic rings. The quantitative estimate of drug-likeness (QED) is 0.830. The van der Waals surface area contributed by atoms with Crippen LogP contribution in [0.4, 0.5) is 0 Å². The predicted octanol–water partition coefficient (Wildman–Crippen LogP) is 1.68. The number of aromatic amines is 1. The molecule has 25 heavy (non-hydrogen) atoms. The molecule has 0 radical (unpaired) electrons. The summed E-state index contributed by atoms with van der Waals surface area (Å²) >= 11 is 0. The van der Waals surface area contributed by atoms with Crippen molar-refractivity contribution in [3.05, 3.63) is 61.4 Å². The molecule has 7 heteroatoms. The smallest absolute Gasteiger partial charge is 0.352 e. The Morgan fingerprint density at radius 3 is 2.32 bits per heavy atom. The number of nitrogens with one attached hydrogen (secondary N) is 1. The minimum Gasteiger partial charge on any atom is -0.477 e. The summed E-state index contributed by atoms with van der Waals surface area (Å²) in [6.07, 6.45) is 0. The Bertz CT molecular complexity index is 908. The third-order valence-electron chi connectivity index (χ3n) is 4.44. The zero-order valence-electron chi connectivity index (χ0n) is 14.9. The largest absolute Gasteiger partial charge is 0.477 e. The molecule has 2 N–H and O–H groups in total. The van der Waals surface area contributed by atoms with Crippen LogP contribution in [0.15, 0.2) is 27.8 Å². The number of aromatic nitrogens is 2. The predicted molar refractivity (Wildman–Crippen MR) is 95.7 cm³/mol. The van der Waals surface area contributed by atoms with E-state index in [9.17, 15) is 19.5 Å². The number of H-pyrrole nitrogens is 1. The average molecular weight is 345 g/mol. The molecule has 7 nitrogen and oxygen atoms in total. The fourth-order valence-corrected chi connectivity index (χ4v) is 2.67. The van der Waals surface area contributed by atoms with Gasteiger partial charge in [0.1, 0.15) is 5.69 Å². The van der Waals surface area contributed by atoms with E-state index in [0.717, 1.165) is 15.7 Å². The molecular weight excluding hydrogens is 322 g/mol. The summed E-state index contributed by atoms with van der Waals surface area (Å²) < 4.78 is 0.998. The van der Waals surface area contributed by atoms with E-state index in [2.05, 4.69) is 4.98 Å². The molecule has 0 saturated heterocycles. The molecule has 0 aliphatic rings. The number of hydrogen-bond donors (Lipinski definition) is 2. The van der Waals surface area contributed by atoms with Gasteiger partial charge in [0.2, 0.25) is 0 Å². The van der Waals surface area contributed by atoms with Crippen LogP contribution in [0.3, 0.4) is 0 Å². The van der Waals surface area contributed by atoms with Crippen LogP contribution < -0.4 is 11.2 Å². The molecule has 2 rings (SSSR count). The van der Waals surface area contributed by atoms with Gasteiger partial charge in [0.05, 0.1) is 11.3 Å². The first-order chi connectivity index (χ1) is 11.8. The van der Waals surface area contributed by atoms with Crippen LogP contribution in [0, 0.1) is 13.8 Å². The van der Waals surface area contributed by atoms with Gasteiger partial charge in [-0.3, -0.25) is 9.69 Å². The third kappa shape index (κ3) is 3.71. The number of nitrogens with zero attached hydrogens (tertiary/aromatic N) is 2. The normalized spacial score (nSPS) is 11.1. The SMILES string of the molecule is CCN(CC)Cc1c(C(=O)O)[nH]c(=O)n(-c2ccc(C)c(C)c2)c1=O. The molecular formula is C18H23N3O4. The van der Waals surface area contributed by atoms with Crippen LogP contribution in [0.1, 0.15) is 41.0 Å². The van der Waals surface area contributed by atoms with Crippen molar-refractivity contribution in [1.29, 1.82) is 0 Å². The highest BCUT2D eigenvalue weighted by molar-refractivity contribution is 5.86. The summed E-state index contributed by atoms with van der Waals surface area (Å²) in [5.41, 5.74) is 0.781. The summed E-state index contributed by atoms with van der Waals surface area (Å²) in [5, 5.41) is 9.38. The van der Waals surface area contributed by atoms with Crippen molar-refractivity contribution in [2.45, 2.75) is 34.2 Å². The third-order valence-corrected chi connectivity index (χ3v) is 4.44. The Labute approximate surface area is 145 Å². The zero-order chi connectivity index (χ0) is 18.7. The Morgan fingerprint density at radius 1 is 1.16 bits per heavy atom. The van der Waals surface area contributed by atoms with Gasteiger partial charge in [0.25, 0.3) is 5.56 Å². The number of rotatable bonds is 6. The van der Waals surface area contributed by atoms with Crippen molar-refractivity contribution >= 4 is 5.97 Å². The van der Waals surface area contributed by atoms with Gasteiger partial charge >= 0.3 is 11.7 Å². The van der Waals surface area contributed by atoms with Crippen LogP contribution in [-0.4, -0.2) is 38.6 Å². The Balaban J connectivity index is 2.74. The fourth-order valence-electron chi connectivity index (χ4n) is 2.67. The van der Waals surface area contributed by atoms with Gasteiger partial charge in [-0.1, -0.05) is 19.9 Å². The molecule has 1 aromatic heterocycles. The highest BCUT2D eigenvalue weighted by Gasteiger charge is 2.21. The Kier molecular flexibility index (Phi) is 5.58. The molecule has 1 heterocycles. The molecule has 0 fully saturated rings. The maximum absolute atomic E-state index is 12.9. The lowest BCUT2D eigenvalue weighted by Crippen LogP contribution is -2.40. The summed E-state index contributed by atoms with van der Waals surface area (Å²) in [5.74, 6) is -1.32. The standard InChI is InChI=1S/C18H23N3O4/c1-5-20(6-2)10-14-15(17(23)24)19-18(25)21(16(14)22)13-8-7-11(3)12(4)9-13/h7-9H,5-6,10H2,1-4H3,(H,19,25)(H,23,24). The number of benzene rings is 1. The Morgan fingerprint density at radius 2 is 1.80 bits per heavy atom. The van der Waals surface area contributed by atoms with Gasteiger partial charge in [0, 0.05) is 6.54 Å². The second kappa shape index (κ2) is 7.48. The van der Waals surface area contributed by atoms with Crippen molar-refractivity contribution in [3.8, 4) is 5.69 Å². The first-order valence-electron chi connectivity index (χ1n) is 8.21. The minimum atomic E-state index is -1.32. The molecule has 0 aliphatic carbocycles. The number of hydrogen-bond acceptors (Lipinski definition) is 4. The average Bonchev–Trinajstić information content (AvgIpc) is 2.57. The zero-order valence-corrected chi connectivity index (χ0v) is 14.9. The molecule has 0 bridgehead atoms. The van der Waals surface area contributed by atoms with Crippen LogP contribution >= 0.6 is 0 Å². The van der Waals surface area contributed by atoms with Crippen LogP contribution in [0.25, 0.3) is 5.69 Å². The van der Waals surface area contributed by atoms with E-state index >= 15 is 0 Å². The second-order valence-electron chi connectivity index (χ2n) is 5.96. The van der Waals surface area contributed by atoms with Gasteiger partial charge in [-0.15, -0.1) is 0 Å². The van der Waals surface area contributed by atoms with Crippen molar-refractivity contribution in [1.82, 2.24) is 14.5 Å². The number of aromatic carboxylic acids is 1. The summed E-state index contributed by atoms with van der Waals surface area (Å²) in [4.78, 5) is 41.1. The van der Waals surface area contributed by atoms with E-state index in [1.165, 1.54) is 0 Å². The molecule has 0 aliphatic heterocycles. The number of carboxylic acid groups (broad SMARTS) is 1. The number of carbonyl (C=O) groups is 1. The van der Waals surface area contributed by atoms with E-state index < -0.39 is 17.2 Å². The van der Waals surface area contributed by atoms with Gasteiger partial charge in [0.15, 0.2) is 0 Å². The van der Waals surface area contributed by atoms with Crippen molar-refractivity contribution < 1.29 is 9.90 Å². The lowest BCUT2D eigenvalue weighted by atomic mass is 10.1. The number of carboxylic acids is 1. The van der Waals surface area contributed by atoms with Gasteiger partial charge in [-0.05, 0) is 50.2 Å². The monoisotopic (exact) mass is 345 g/mol. The van der Waals surface area contributed by atoms with E-state index in [1.807, 2.05) is 38.7 Å². The van der Waals surface area contributed by atoms with Gasteiger partial charge in [-0.2, -0.15) is 0 Å². The topological polar surface area (TPSA) is 95.4 Å². The first-order valence-corrected chi connectivity index (χ1v) is 8.21. The van der Waals surface area contributed by atoms with Crippen molar-refractivity contribution in [2.75, 3.05) is 13.1 Å². The lowest BCUT2D eigenvalue weighted by molar-refractivity contribution is 0.0686. The maximum atomic E-state index is 12.9.